The number of nitrogens with one attached hydrogen (secondary N) is 2. The van der Waals surface area contributed by atoms with Crippen molar-refractivity contribution < 1.29 is 9.47 Å². The molecular weight excluding hydrogens is 340 g/mol. The molecule has 1 fully saturated rings. The predicted octanol–water partition coefficient (Wildman–Crippen LogP) is 2.53. The number of aliphatic imine (C=N–C) groups is 1. The van der Waals surface area contributed by atoms with E-state index >= 15 is 0 Å². The number of hydrogen-bond acceptors (Lipinski definition) is 4. The largest absolute Gasteiger partial charge is 0.379 e. The second kappa shape index (κ2) is 10.8. The molecule has 6 nitrogen and oxygen atoms in total. The molecule has 2 heterocycles. The molecule has 0 aliphatic carbocycles. The van der Waals surface area contributed by atoms with Gasteiger partial charge < -0.3 is 20.1 Å². The zero-order valence-corrected chi connectivity index (χ0v) is 16.1. The van der Waals surface area contributed by atoms with Gasteiger partial charge in [-0.2, -0.15) is 0 Å². The summed E-state index contributed by atoms with van der Waals surface area (Å²) in [5.74, 6) is 0.856. The van der Waals surface area contributed by atoms with Crippen molar-refractivity contribution in [3.05, 3.63) is 42.1 Å². The molecule has 146 valence electrons. The van der Waals surface area contributed by atoms with Crippen LogP contribution in [-0.2, 0) is 15.9 Å². The Balaban J connectivity index is 1.43. The first-order valence-electron chi connectivity index (χ1n) is 9.91. The number of hydrogen-bond donors (Lipinski definition) is 2. The van der Waals surface area contributed by atoms with Gasteiger partial charge in [0.1, 0.15) is 0 Å². The molecule has 0 spiro atoms. The van der Waals surface area contributed by atoms with E-state index in [0.717, 1.165) is 70.2 Å². The van der Waals surface area contributed by atoms with Crippen molar-refractivity contribution in [1.29, 1.82) is 0 Å². The van der Waals surface area contributed by atoms with Gasteiger partial charge in [-0.3, -0.25) is 9.98 Å². The summed E-state index contributed by atoms with van der Waals surface area (Å²) in [7, 11) is 0. The van der Waals surface area contributed by atoms with Crippen molar-refractivity contribution in [2.24, 2.45) is 4.99 Å². The zero-order valence-electron chi connectivity index (χ0n) is 16.1. The molecule has 2 N–H and O–H groups in total. The second-order valence-corrected chi connectivity index (χ2v) is 6.64. The van der Waals surface area contributed by atoms with E-state index in [-0.39, 0.29) is 6.10 Å². The second-order valence-electron chi connectivity index (χ2n) is 6.64. The highest BCUT2D eigenvalue weighted by Gasteiger charge is 2.15. The maximum atomic E-state index is 5.78. The Morgan fingerprint density at radius 3 is 3.07 bits per heavy atom. The number of ether oxygens (including phenoxy) is 2. The molecule has 27 heavy (non-hydrogen) atoms. The number of para-hydroxylation sites is 1. The van der Waals surface area contributed by atoms with Crippen LogP contribution in [0.5, 0.6) is 0 Å². The van der Waals surface area contributed by atoms with Crippen LogP contribution in [0.2, 0.25) is 0 Å². The van der Waals surface area contributed by atoms with Crippen LogP contribution in [0, 0.1) is 0 Å². The molecule has 1 aromatic carbocycles. The van der Waals surface area contributed by atoms with Crippen molar-refractivity contribution in [3.8, 4) is 0 Å². The van der Waals surface area contributed by atoms with Crippen LogP contribution in [0.3, 0.4) is 0 Å². The van der Waals surface area contributed by atoms with Gasteiger partial charge in [-0.1, -0.05) is 24.3 Å². The first kappa shape index (κ1) is 19.6. The number of pyridine rings is 1. The molecule has 0 bridgehead atoms. The molecule has 1 atom stereocenters. The van der Waals surface area contributed by atoms with Crippen molar-refractivity contribution in [1.82, 2.24) is 15.6 Å². The van der Waals surface area contributed by atoms with Gasteiger partial charge in [0, 0.05) is 44.4 Å². The van der Waals surface area contributed by atoms with E-state index in [1.165, 1.54) is 10.9 Å². The molecule has 1 aliphatic rings. The number of rotatable bonds is 9. The summed E-state index contributed by atoms with van der Waals surface area (Å²) in [5.41, 5.74) is 2.33. The van der Waals surface area contributed by atoms with Gasteiger partial charge in [-0.05, 0) is 37.8 Å². The lowest BCUT2D eigenvalue weighted by atomic mass is 10.1. The highest BCUT2D eigenvalue weighted by molar-refractivity contribution is 5.82. The highest BCUT2D eigenvalue weighted by atomic mass is 16.5. The van der Waals surface area contributed by atoms with Crippen LogP contribution in [0.4, 0.5) is 0 Å². The van der Waals surface area contributed by atoms with Gasteiger partial charge in [0.05, 0.1) is 18.2 Å². The molecule has 1 aliphatic heterocycles. The van der Waals surface area contributed by atoms with Gasteiger partial charge in [0.25, 0.3) is 0 Å². The minimum Gasteiger partial charge on any atom is -0.379 e. The number of benzene rings is 1. The Kier molecular flexibility index (Phi) is 7.86. The smallest absolute Gasteiger partial charge is 0.191 e. The van der Waals surface area contributed by atoms with Crippen LogP contribution in [0.1, 0.15) is 25.3 Å². The predicted molar refractivity (Wildman–Crippen MR) is 109 cm³/mol. The molecule has 3 rings (SSSR count). The lowest BCUT2D eigenvalue weighted by molar-refractivity contribution is 0.0424. The van der Waals surface area contributed by atoms with E-state index < -0.39 is 0 Å². The maximum Gasteiger partial charge on any atom is 0.191 e. The Bertz CT molecular complexity index is 724. The molecular formula is C21H30N4O2. The molecule has 1 saturated heterocycles. The minimum absolute atomic E-state index is 0.273. The summed E-state index contributed by atoms with van der Waals surface area (Å²) < 4.78 is 11.1. The van der Waals surface area contributed by atoms with Gasteiger partial charge in [0.15, 0.2) is 5.96 Å². The van der Waals surface area contributed by atoms with E-state index in [1.807, 2.05) is 12.3 Å². The molecule has 1 unspecified atom stereocenters. The average Bonchev–Trinajstić information content (AvgIpc) is 3.21. The van der Waals surface area contributed by atoms with Crippen molar-refractivity contribution in [2.45, 2.75) is 32.3 Å². The third-order valence-corrected chi connectivity index (χ3v) is 4.56. The topological polar surface area (TPSA) is 67.8 Å². The Labute approximate surface area is 161 Å². The third-order valence-electron chi connectivity index (χ3n) is 4.56. The monoisotopic (exact) mass is 370 g/mol. The number of aromatic nitrogens is 1. The normalized spacial score (nSPS) is 17.4. The average molecular weight is 370 g/mol. The fraction of sp³-hybridized carbons (Fsp3) is 0.524. The Morgan fingerprint density at radius 1 is 1.30 bits per heavy atom. The summed E-state index contributed by atoms with van der Waals surface area (Å²) >= 11 is 0. The van der Waals surface area contributed by atoms with Crippen molar-refractivity contribution in [3.63, 3.8) is 0 Å². The third kappa shape index (κ3) is 6.19. The maximum absolute atomic E-state index is 5.78. The molecule has 2 aromatic rings. The van der Waals surface area contributed by atoms with Crippen LogP contribution in [0.25, 0.3) is 10.9 Å². The van der Waals surface area contributed by atoms with Crippen LogP contribution >= 0.6 is 0 Å². The number of fused-ring (bicyclic) bond motifs is 1. The number of guanidine groups is 1. The molecule has 0 radical (unpaired) electrons. The van der Waals surface area contributed by atoms with Crippen molar-refractivity contribution in [2.75, 3.05) is 39.5 Å². The van der Waals surface area contributed by atoms with Gasteiger partial charge in [-0.25, -0.2) is 0 Å². The van der Waals surface area contributed by atoms with Crippen LogP contribution in [-0.4, -0.2) is 56.5 Å². The van der Waals surface area contributed by atoms with E-state index in [0.29, 0.717) is 0 Å². The van der Waals surface area contributed by atoms with E-state index in [4.69, 9.17) is 9.47 Å². The SMILES string of the molecule is CCNC(=NCCCOC1CCOC1)NCCc1cccc2cccnc12. The molecule has 0 saturated carbocycles. The van der Waals surface area contributed by atoms with Gasteiger partial charge in [-0.15, -0.1) is 0 Å². The van der Waals surface area contributed by atoms with Gasteiger partial charge >= 0.3 is 0 Å². The minimum atomic E-state index is 0.273. The Morgan fingerprint density at radius 2 is 2.22 bits per heavy atom. The summed E-state index contributed by atoms with van der Waals surface area (Å²) in [4.78, 5) is 9.16. The lowest BCUT2D eigenvalue weighted by Crippen LogP contribution is -2.38. The number of nitrogens with zero attached hydrogens (tertiary/aromatic N) is 2. The Hall–Kier alpha value is -2.18. The summed E-state index contributed by atoms with van der Waals surface area (Å²) in [5, 5.41) is 7.90. The first-order chi connectivity index (χ1) is 13.4. The summed E-state index contributed by atoms with van der Waals surface area (Å²) in [6, 6.07) is 10.4. The fourth-order valence-corrected chi connectivity index (χ4v) is 3.18. The lowest BCUT2D eigenvalue weighted by Gasteiger charge is -2.12. The highest BCUT2D eigenvalue weighted by Crippen LogP contribution is 2.15. The summed E-state index contributed by atoms with van der Waals surface area (Å²) in [6.45, 7) is 6.78. The van der Waals surface area contributed by atoms with Crippen LogP contribution < -0.4 is 10.6 Å². The van der Waals surface area contributed by atoms with Crippen molar-refractivity contribution >= 4 is 16.9 Å². The van der Waals surface area contributed by atoms with Crippen LogP contribution in [0.15, 0.2) is 41.5 Å². The standard InChI is InChI=1S/C21H30N4O2/c1-2-22-21(24-12-5-14-27-19-10-15-26-16-19)25-13-9-18-7-3-6-17-8-4-11-23-20(17)18/h3-4,6-8,11,19H,2,5,9-10,12-16H2,1H3,(H2,22,24,25). The fourth-order valence-electron chi connectivity index (χ4n) is 3.18. The van der Waals surface area contributed by atoms with E-state index in [2.05, 4.69) is 51.8 Å². The zero-order chi connectivity index (χ0) is 18.7. The van der Waals surface area contributed by atoms with Gasteiger partial charge in [0.2, 0.25) is 0 Å². The van der Waals surface area contributed by atoms with E-state index in [1.54, 1.807) is 0 Å². The van der Waals surface area contributed by atoms with E-state index in [9.17, 15) is 0 Å². The molecule has 0 amide bonds. The summed E-state index contributed by atoms with van der Waals surface area (Å²) in [6.07, 6.45) is 4.96. The first-order valence-corrected chi connectivity index (χ1v) is 9.91. The quantitative estimate of drug-likeness (QED) is 0.403. The molecule has 1 aromatic heterocycles. The molecule has 6 heteroatoms.